The Bertz CT molecular complexity index is 486. The molecule has 17 heavy (non-hydrogen) atoms. The molecule has 5 nitrogen and oxygen atoms in total. The number of benzene rings is 1. The number of methoxy groups -OCH3 is 2. The van der Waals surface area contributed by atoms with Crippen molar-refractivity contribution in [2.24, 2.45) is 0 Å². The number of ether oxygens (including phenoxy) is 2. The molecular weight excluding hydrogens is 220 g/mol. The van der Waals surface area contributed by atoms with E-state index in [1.807, 2.05) is 12.1 Å². The molecule has 0 aliphatic carbocycles. The van der Waals surface area contributed by atoms with Crippen LogP contribution in [0.1, 0.15) is 5.69 Å². The average molecular weight is 234 g/mol. The second kappa shape index (κ2) is 4.88. The number of rotatable bonds is 4. The van der Waals surface area contributed by atoms with Crippen molar-refractivity contribution in [3.05, 3.63) is 30.1 Å². The molecule has 2 rings (SSSR count). The quantitative estimate of drug-likeness (QED) is 0.843. The van der Waals surface area contributed by atoms with E-state index < -0.39 is 0 Å². The van der Waals surface area contributed by atoms with E-state index in [4.69, 9.17) is 14.6 Å². The van der Waals surface area contributed by atoms with Gasteiger partial charge in [-0.15, -0.1) is 0 Å². The Kier molecular flexibility index (Phi) is 3.30. The Morgan fingerprint density at radius 2 is 1.82 bits per heavy atom. The van der Waals surface area contributed by atoms with Crippen molar-refractivity contribution >= 4 is 0 Å². The van der Waals surface area contributed by atoms with Crippen LogP contribution in [-0.2, 0) is 6.61 Å². The molecule has 1 aromatic heterocycles. The third kappa shape index (κ3) is 2.39. The van der Waals surface area contributed by atoms with Crippen LogP contribution in [0.15, 0.2) is 24.4 Å². The van der Waals surface area contributed by atoms with Gasteiger partial charge in [0.1, 0.15) is 17.3 Å². The molecule has 2 aromatic rings. The standard InChI is InChI=1S/C12H14N2O3/c1-16-10-3-8(4-11(5-10)17-2)12-13-6-9(7-15)14-12/h3-6,15H,7H2,1-2H3,(H,13,14). The Morgan fingerprint density at radius 1 is 1.18 bits per heavy atom. The van der Waals surface area contributed by atoms with Gasteiger partial charge in [0.25, 0.3) is 0 Å². The first kappa shape index (κ1) is 11.5. The van der Waals surface area contributed by atoms with Crippen LogP contribution < -0.4 is 9.47 Å². The van der Waals surface area contributed by atoms with Crippen LogP contribution >= 0.6 is 0 Å². The monoisotopic (exact) mass is 234 g/mol. The van der Waals surface area contributed by atoms with Crippen molar-refractivity contribution in [3.63, 3.8) is 0 Å². The minimum absolute atomic E-state index is 0.0614. The molecule has 2 N–H and O–H groups in total. The Balaban J connectivity index is 2.43. The number of hydrogen-bond donors (Lipinski definition) is 2. The zero-order valence-electron chi connectivity index (χ0n) is 9.73. The van der Waals surface area contributed by atoms with Crippen LogP contribution in [0.5, 0.6) is 11.5 Å². The molecule has 0 saturated carbocycles. The van der Waals surface area contributed by atoms with E-state index in [-0.39, 0.29) is 6.61 Å². The molecule has 1 aromatic carbocycles. The van der Waals surface area contributed by atoms with Crippen molar-refractivity contribution < 1.29 is 14.6 Å². The summed E-state index contributed by atoms with van der Waals surface area (Å²) in [5, 5.41) is 8.98. The Labute approximate surface area is 99.0 Å². The number of imidazole rings is 1. The van der Waals surface area contributed by atoms with Crippen molar-refractivity contribution in [1.82, 2.24) is 9.97 Å². The summed E-state index contributed by atoms with van der Waals surface area (Å²) in [5.41, 5.74) is 1.52. The van der Waals surface area contributed by atoms with Crippen molar-refractivity contribution in [2.45, 2.75) is 6.61 Å². The maximum Gasteiger partial charge on any atom is 0.137 e. The number of hydrogen-bond acceptors (Lipinski definition) is 4. The van der Waals surface area contributed by atoms with E-state index in [1.54, 1.807) is 26.5 Å². The lowest BCUT2D eigenvalue weighted by atomic mass is 10.2. The fourth-order valence-corrected chi connectivity index (χ4v) is 1.53. The van der Waals surface area contributed by atoms with Crippen LogP contribution in [-0.4, -0.2) is 29.3 Å². The highest BCUT2D eigenvalue weighted by Crippen LogP contribution is 2.28. The number of aromatic amines is 1. The first-order valence-corrected chi connectivity index (χ1v) is 5.15. The van der Waals surface area contributed by atoms with E-state index >= 15 is 0 Å². The van der Waals surface area contributed by atoms with Gasteiger partial charge in [0.05, 0.1) is 32.7 Å². The highest BCUT2D eigenvalue weighted by atomic mass is 16.5. The number of aliphatic hydroxyl groups is 1. The largest absolute Gasteiger partial charge is 0.497 e. The maximum absolute atomic E-state index is 8.98. The van der Waals surface area contributed by atoms with Gasteiger partial charge in [0.15, 0.2) is 0 Å². The van der Waals surface area contributed by atoms with Gasteiger partial charge in [-0.25, -0.2) is 4.98 Å². The summed E-state index contributed by atoms with van der Waals surface area (Å²) >= 11 is 0. The molecule has 0 atom stereocenters. The molecule has 0 aliphatic rings. The molecule has 1 heterocycles. The predicted octanol–water partition coefficient (Wildman–Crippen LogP) is 1.59. The number of H-pyrrole nitrogens is 1. The topological polar surface area (TPSA) is 67.4 Å². The molecule has 0 bridgehead atoms. The van der Waals surface area contributed by atoms with Gasteiger partial charge in [0, 0.05) is 11.6 Å². The van der Waals surface area contributed by atoms with Gasteiger partial charge in [-0.1, -0.05) is 0 Å². The van der Waals surface area contributed by atoms with Gasteiger partial charge >= 0.3 is 0 Å². The average Bonchev–Trinajstić information content (AvgIpc) is 2.86. The summed E-state index contributed by atoms with van der Waals surface area (Å²) in [6, 6.07) is 5.49. The summed E-state index contributed by atoms with van der Waals surface area (Å²) < 4.78 is 10.4. The van der Waals surface area contributed by atoms with Crippen LogP contribution in [0.2, 0.25) is 0 Å². The molecule has 90 valence electrons. The normalized spacial score (nSPS) is 10.3. The summed E-state index contributed by atoms with van der Waals surface area (Å²) in [7, 11) is 3.19. The number of aliphatic hydroxyl groups excluding tert-OH is 1. The molecule has 0 fully saturated rings. The van der Waals surface area contributed by atoms with E-state index in [9.17, 15) is 0 Å². The summed E-state index contributed by atoms with van der Waals surface area (Å²) in [5.74, 6) is 2.06. The fraction of sp³-hybridized carbons (Fsp3) is 0.250. The lowest BCUT2D eigenvalue weighted by molar-refractivity contribution is 0.277. The van der Waals surface area contributed by atoms with Gasteiger partial charge in [-0.05, 0) is 12.1 Å². The van der Waals surface area contributed by atoms with Crippen LogP contribution in [0, 0.1) is 0 Å². The predicted molar refractivity (Wildman–Crippen MR) is 63.1 cm³/mol. The second-order valence-electron chi connectivity index (χ2n) is 3.52. The van der Waals surface area contributed by atoms with Crippen LogP contribution in [0.25, 0.3) is 11.4 Å². The minimum Gasteiger partial charge on any atom is -0.497 e. The van der Waals surface area contributed by atoms with E-state index in [1.165, 1.54) is 0 Å². The third-order valence-corrected chi connectivity index (χ3v) is 2.42. The third-order valence-electron chi connectivity index (χ3n) is 2.42. The zero-order chi connectivity index (χ0) is 12.3. The molecule has 0 amide bonds. The van der Waals surface area contributed by atoms with Crippen molar-refractivity contribution in [3.8, 4) is 22.9 Å². The second-order valence-corrected chi connectivity index (χ2v) is 3.52. The molecule has 0 unspecified atom stereocenters. The SMILES string of the molecule is COc1cc(OC)cc(-c2ncc(CO)[nH]2)c1. The van der Waals surface area contributed by atoms with Gasteiger partial charge < -0.3 is 19.6 Å². The molecule has 0 spiro atoms. The van der Waals surface area contributed by atoms with Crippen molar-refractivity contribution in [2.75, 3.05) is 14.2 Å². The summed E-state index contributed by atoms with van der Waals surface area (Å²) in [4.78, 5) is 7.19. The molecule has 0 aliphatic heterocycles. The highest BCUT2D eigenvalue weighted by Gasteiger charge is 2.07. The lowest BCUT2D eigenvalue weighted by Gasteiger charge is -2.06. The summed E-state index contributed by atoms with van der Waals surface area (Å²) in [6.45, 7) is -0.0614. The smallest absolute Gasteiger partial charge is 0.137 e. The highest BCUT2D eigenvalue weighted by molar-refractivity contribution is 5.61. The van der Waals surface area contributed by atoms with E-state index in [2.05, 4.69) is 9.97 Å². The number of nitrogens with one attached hydrogen (secondary N) is 1. The van der Waals surface area contributed by atoms with Gasteiger partial charge in [-0.2, -0.15) is 0 Å². The lowest BCUT2D eigenvalue weighted by Crippen LogP contribution is -1.90. The first-order valence-electron chi connectivity index (χ1n) is 5.15. The van der Waals surface area contributed by atoms with Crippen LogP contribution in [0.4, 0.5) is 0 Å². The Hall–Kier alpha value is -2.01. The zero-order valence-corrected chi connectivity index (χ0v) is 9.73. The van der Waals surface area contributed by atoms with Crippen LogP contribution in [0.3, 0.4) is 0 Å². The minimum atomic E-state index is -0.0614. The number of aromatic nitrogens is 2. The molecular formula is C12H14N2O3. The molecule has 0 saturated heterocycles. The van der Waals surface area contributed by atoms with E-state index in [0.717, 1.165) is 5.56 Å². The van der Waals surface area contributed by atoms with Crippen molar-refractivity contribution in [1.29, 1.82) is 0 Å². The van der Waals surface area contributed by atoms with Gasteiger partial charge in [-0.3, -0.25) is 0 Å². The summed E-state index contributed by atoms with van der Waals surface area (Å²) in [6.07, 6.45) is 1.60. The molecule has 0 radical (unpaired) electrons. The maximum atomic E-state index is 8.98. The Morgan fingerprint density at radius 3 is 2.29 bits per heavy atom. The number of nitrogens with zero attached hydrogens (tertiary/aromatic N) is 1. The molecule has 5 heteroatoms. The first-order chi connectivity index (χ1) is 8.26. The fourth-order valence-electron chi connectivity index (χ4n) is 1.53. The van der Waals surface area contributed by atoms with Gasteiger partial charge in [0.2, 0.25) is 0 Å². The van der Waals surface area contributed by atoms with E-state index in [0.29, 0.717) is 23.0 Å².